The maximum absolute atomic E-state index is 12.0. The molecule has 1 spiro atoms. The van der Waals surface area contributed by atoms with Gasteiger partial charge in [-0.2, -0.15) is 0 Å². The predicted molar refractivity (Wildman–Crippen MR) is 153 cm³/mol. The molecule has 0 aliphatic heterocycles. The van der Waals surface area contributed by atoms with Gasteiger partial charge in [0.2, 0.25) is 0 Å². The van der Waals surface area contributed by atoms with Crippen molar-refractivity contribution in [1.82, 2.24) is 0 Å². The van der Waals surface area contributed by atoms with E-state index >= 15 is 0 Å². The van der Waals surface area contributed by atoms with Gasteiger partial charge < -0.3 is 0 Å². The number of rotatable bonds is 6. The molecule has 0 atom stereocenters. The van der Waals surface area contributed by atoms with Crippen molar-refractivity contribution >= 4 is 43.4 Å². The SMILES string of the molecule is CC.O=C(CBr)c1ccc(-c2ccc(-c3ccc(C(=O)CBr)cc3)c3c2CC2(CCCC2)C3)cc1. The molecule has 1 saturated carbocycles. The Kier molecular flexibility index (Phi) is 8.44. The highest BCUT2D eigenvalue weighted by Crippen LogP contribution is 2.53. The van der Waals surface area contributed by atoms with E-state index in [4.69, 9.17) is 0 Å². The minimum Gasteiger partial charge on any atom is -0.293 e. The quantitative estimate of drug-likeness (QED) is 0.211. The lowest BCUT2D eigenvalue weighted by molar-refractivity contribution is 0.101. The molecule has 35 heavy (non-hydrogen) atoms. The third-order valence-corrected chi connectivity index (χ3v) is 8.50. The molecular weight excluding hydrogens is 564 g/mol. The van der Waals surface area contributed by atoms with Crippen molar-refractivity contribution in [2.24, 2.45) is 5.41 Å². The Morgan fingerprint density at radius 2 is 1.03 bits per heavy atom. The van der Waals surface area contributed by atoms with Gasteiger partial charge in [-0.25, -0.2) is 0 Å². The molecule has 0 unspecified atom stereocenters. The van der Waals surface area contributed by atoms with Crippen LogP contribution in [-0.2, 0) is 12.8 Å². The van der Waals surface area contributed by atoms with E-state index in [-0.39, 0.29) is 11.6 Å². The Morgan fingerprint density at radius 3 is 1.37 bits per heavy atom. The Bertz CT molecular complexity index is 1110. The average Bonchev–Trinajstić information content (AvgIpc) is 3.54. The molecule has 0 radical (unpaired) electrons. The largest absolute Gasteiger partial charge is 0.293 e. The van der Waals surface area contributed by atoms with Gasteiger partial charge in [0, 0.05) is 11.1 Å². The lowest BCUT2D eigenvalue weighted by Crippen LogP contribution is -2.15. The predicted octanol–water partition coefficient (Wildman–Crippen LogP) is 8.86. The van der Waals surface area contributed by atoms with Gasteiger partial charge in [-0.1, -0.05) is 119 Å². The first kappa shape index (κ1) is 26.0. The van der Waals surface area contributed by atoms with Crippen LogP contribution in [-0.4, -0.2) is 22.2 Å². The fourth-order valence-corrected chi connectivity index (χ4v) is 6.40. The molecule has 0 N–H and O–H groups in total. The smallest absolute Gasteiger partial charge is 0.173 e. The van der Waals surface area contributed by atoms with Crippen LogP contribution in [0, 0.1) is 5.41 Å². The molecule has 182 valence electrons. The van der Waals surface area contributed by atoms with Gasteiger partial charge in [0.05, 0.1) is 10.7 Å². The number of alkyl halides is 2. The van der Waals surface area contributed by atoms with Crippen LogP contribution in [0.1, 0.15) is 71.4 Å². The first-order valence-electron chi connectivity index (χ1n) is 12.6. The van der Waals surface area contributed by atoms with Crippen LogP contribution in [0.2, 0.25) is 0 Å². The number of hydrogen-bond donors (Lipinski definition) is 0. The summed E-state index contributed by atoms with van der Waals surface area (Å²) in [6, 6.07) is 20.6. The minimum absolute atomic E-state index is 0.105. The van der Waals surface area contributed by atoms with Crippen molar-refractivity contribution in [3.63, 3.8) is 0 Å². The zero-order valence-electron chi connectivity index (χ0n) is 20.5. The Hall–Kier alpha value is -2.04. The number of Topliss-reactive ketones (excluding diaryl/α,β-unsaturated/α-hetero) is 2. The lowest BCUT2D eigenvalue weighted by Gasteiger charge is -2.22. The van der Waals surface area contributed by atoms with Crippen molar-refractivity contribution in [3.05, 3.63) is 82.9 Å². The van der Waals surface area contributed by atoms with Crippen LogP contribution in [0.3, 0.4) is 0 Å². The summed E-state index contributed by atoms with van der Waals surface area (Å²) in [5, 5.41) is 0.692. The average molecular weight is 596 g/mol. The van der Waals surface area contributed by atoms with Gasteiger partial charge in [-0.3, -0.25) is 9.59 Å². The Labute approximate surface area is 225 Å². The summed E-state index contributed by atoms with van der Waals surface area (Å²) in [6.07, 6.45) is 7.52. The normalized spacial score (nSPS) is 15.4. The number of carbonyl (C=O) groups is 2. The van der Waals surface area contributed by atoms with E-state index in [1.807, 2.05) is 38.1 Å². The lowest BCUT2D eigenvalue weighted by atomic mass is 9.82. The molecule has 1 fully saturated rings. The van der Waals surface area contributed by atoms with Crippen LogP contribution in [0.5, 0.6) is 0 Å². The summed E-state index contributed by atoms with van der Waals surface area (Å²) in [4.78, 5) is 24.1. The molecule has 3 aromatic carbocycles. The van der Waals surface area contributed by atoms with E-state index in [0.717, 1.165) is 24.0 Å². The summed E-state index contributed by atoms with van der Waals surface area (Å²) < 4.78 is 0. The Balaban J connectivity index is 0.00000141. The third kappa shape index (κ3) is 5.24. The van der Waals surface area contributed by atoms with Crippen molar-refractivity contribution < 1.29 is 9.59 Å². The molecule has 2 aliphatic rings. The highest BCUT2D eigenvalue weighted by atomic mass is 79.9. The van der Waals surface area contributed by atoms with Gasteiger partial charge in [-0.15, -0.1) is 0 Å². The first-order valence-corrected chi connectivity index (χ1v) is 14.8. The van der Waals surface area contributed by atoms with Gasteiger partial charge in [0.15, 0.2) is 11.6 Å². The van der Waals surface area contributed by atoms with Gasteiger partial charge in [0.1, 0.15) is 0 Å². The molecule has 0 saturated heterocycles. The van der Waals surface area contributed by atoms with E-state index in [9.17, 15) is 9.59 Å². The van der Waals surface area contributed by atoms with E-state index < -0.39 is 0 Å². The monoisotopic (exact) mass is 594 g/mol. The van der Waals surface area contributed by atoms with Crippen LogP contribution in [0.25, 0.3) is 22.3 Å². The van der Waals surface area contributed by atoms with E-state index in [2.05, 4.69) is 68.3 Å². The number of fused-ring (bicyclic) bond motifs is 1. The van der Waals surface area contributed by atoms with E-state index in [1.54, 1.807) is 0 Å². The van der Waals surface area contributed by atoms with Crippen LogP contribution in [0.4, 0.5) is 0 Å². The minimum atomic E-state index is 0.105. The van der Waals surface area contributed by atoms with Crippen molar-refractivity contribution in [3.8, 4) is 22.3 Å². The standard InChI is InChI=1S/C29H26Br2O2.C2H6/c30-17-27(32)21-7-3-19(4-8-21)23-11-12-24(20-5-9-22(10-6-20)28(33)18-31)26-16-29(15-25(23)26)13-1-2-14-29;1-2/h3-12H,1-2,13-18H2;1-2H3. The molecule has 2 nitrogen and oxygen atoms in total. The van der Waals surface area contributed by atoms with Crippen LogP contribution in [0.15, 0.2) is 60.7 Å². The molecule has 0 heterocycles. The van der Waals surface area contributed by atoms with Gasteiger partial charge >= 0.3 is 0 Å². The topological polar surface area (TPSA) is 34.1 Å². The second-order valence-electron chi connectivity index (χ2n) is 9.45. The molecule has 0 aromatic heterocycles. The molecule has 3 aromatic rings. The highest BCUT2D eigenvalue weighted by molar-refractivity contribution is 9.09. The molecule has 0 bridgehead atoms. The zero-order chi connectivity index (χ0) is 25.0. The van der Waals surface area contributed by atoms with Crippen LogP contribution < -0.4 is 0 Å². The fraction of sp³-hybridized carbons (Fsp3) is 0.355. The summed E-state index contributed by atoms with van der Waals surface area (Å²) in [5.41, 5.74) is 9.76. The molecular formula is C31H32Br2O2. The number of carbonyl (C=O) groups excluding carboxylic acids is 2. The highest BCUT2D eigenvalue weighted by Gasteiger charge is 2.41. The van der Waals surface area contributed by atoms with Crippen molar-refractivity contribution in [2.75, 3.05) is 10.7 Å². The Morgan fingerprint density at radius 1 is 0.657 bits per heavy atom. The molecule has 5 rings (SSSR count). The molecule has 0 amide bonds. The number of ketones is 2. The van der Waals surface area contributed by atoms with Crippen molar-refractivity contribution in [2.45, 2.75) is 52.4 Å². The summed E-state index contributed by atoms with van der Waals surface area (Å²) in [6.45, 7) is 4.00. The number of hydrogen-bond acceptors (Lipinski definition) is 2. The summed E-state index contributed by atoms with van der Waals surface area (Å²) in [5.74, 6) is 0.211. The third-order valence-electron chi connectivity index (χ3n) is 7.48. The maximum atomic E-state index is 12.0. The second-order valence-corrected chi connectivity index (χ2v) is 10.6. The van der Waals surface area contributed by atoms with E-state index in [1.165, 1.54) is 59.1 Å². The fourth-order valence-electron chi connectivity index (χ4n) is 5.75. The number of benzene rings is 3. The van der Waals surface area contributed by atoms with E-state index in [0.29, 0.717) is 16.1 Å². The summed E-state index contributed by atoms with van der Waals surface area (Å²) in [7, 11) is 0. The van der Waals surface area contributed by atoms with Crippen LogP contribution >= 0.6 is 31.9 Å². The number of halogens is 2. The molecule has 2 aliphatic carbocycles. The second kappa shape index (κ2) is 11.3. The van der Waals surface area contributed by atoms with Gasteiger partial charge in [-0.05, 0) is 64.5 Å². The first-order chi connectivity index (χ1) is 17.0. The maximum Gasteiger partial charge on any atom is 0.173 e. The van der Waals surface area contributed by atoms with Gasteiger partial charge in [0.25, 0.3) is 0 Å². The van der Waals surface area contributed by atoms with Crippen molar-refractivity contribution in [1.29, 1.82) is 0 Å². The zero-order valence-corrected chi connectivity index (χ0v) is 23.7. The summed E-state index contributed by atoms with van der Waals surface area (Å²) >= 11 is 6.53. The molecule has 4 heteroatoms.